The van der Waals surface area contributed by atoms with Gasteiger partial charge in [0.05, 0.1) is 17.3 Å². The maximum Gasteiger partial charge on any atom is 0.318 e. The maximum atomic E-state index is 12.4. The summed E-state index contributed by atoms with van der Waals surface area (Å²) in [6.45, 7) is 8.71. The standard InChI is InChI=1S/C32H36ClN5O2/c1-3-28(39)30-22-12-16-38(17-24(22)30)31-23-13-15-37(27-11-5-8-20-7-4-10-25(33)29(20)27)18-26(23)34-32(35-31)40-19-21-9-6-14-36(21)2/h3-5,7-8,10-11,21-22,24,30H,1,6,9,12-19H2,2H3/t21-,22-,24+,30?/m0/s1. The molecule has 4 atom stereocenters. The van der Waals surface area contributed by atoms with E-state index in [1.807, 2.05) is 12.1 Å². The largest absolute Gasteiger partial charge is 0.462 e. The van der Waals surface area contributed by atoms with Gasteiger partial charge in [-0.05, 0) is 74.7 Å². The van der Waals surface area contributed by atoms with Gasteiger partial charge in [0.1, 0.15) is 12.4 Å². The molecule has 0 spiro atoms. The van der Waals surface area contributed by atoms with Crippen molar-refractivity contribution in [2.45, 2.75) is 38.3 Å². The molecule has 3 aromatic rings. The fourth-order valence-electron chi connectivity index (χ4n) is 7.31. The molecule has 1 aliphatic carbocycles. The summed E-state index contributed by atoms with van der Waals surface area (Å²) in [4.78, 5) is 29.6. The van der Waals surface area contributed by atoms with E-state index in [1.54, 1.807) is 0 Å². The highest BCUT2D eigenvalue weighted by molar-refractivity contribution is 6.36. The van der Waals surface area contributed by atoms with E-state index < -0.39 is 0 Å². The van der Waals surface area contributed by atoms with Gasteiger partial charge in [0.25, 0.3) is 0 Å². The molecule has 3 fully saturated rings. The van der Waals surface area contributed by atoms with Crippen LogP contribution in [-0.2, 0) is 17.8 Å². The number of anilines is 2. The summed E-state index contributed by atoms with van der Waals surface area (Å²) in [7, 11) is 2.16. The Morgan fingerprint density at radius 2 is 1.95 bits per heavy atom. The third-order valence-corrected chi connectivity index (χ3v) is 9.91. The summed E-state index contributed by atoms with van der Waals surface area (Å²) in [6.07, 6.45) is 5.69. The zero-order valence-corrected chi connectivity index (χ0v) is 23.8. The molecule has 0 bridgehead atoms. The number of carbonyl (C=O) groups excluding carboxylic acids is 1. The molecule has 1 unspecified atom stereocenters. The van der Waals surface area contributed by atoms with Gasteiger partial charge in [-0.15, -0.1) is 0 Å². The minimum Gasteiger partial charge on any atom is -0.462 e. The molecule has 40 heavy (non-hydrogen) atoms. The van der Waals surface area contributed by atoms with E-state index in [4.69, 9.17) is 26.3 Å². The molecule has 8 heteroatoms. The molecule has 7 rings (SSSR count). The number of hydrogen-bond donors (Lipinski definition) is 0. The Hall–Kier alpha value is -3.16. The number of hydrogen-bond acceptors (Lipinski definition) is 7. The Balaban J connectivity index is 1.21. The molecule has 1 saturated carbocycles. The molecule has 4 heterocycles. The molecule has 0 amide bonds. The average Bonchev–Trinajstić information content (AvgIpc) is 3.56. The van der Waals surface area contributed by atoms with Crippen LogP contribution >= 0.6 is 11.6 Å². The Morgan fingerprint density at radius 3 is 2.75 bits per heavy atom. The summed E-state index contributed by atoms with van der Waals surface area (Å²) in [6, 6.07) is 13.3. The van der Waals surface area contributed by atoms with Gasteiger partial charge >= 0.3 is 6.01 Å². The summed E-state index contributed by atoms with van der Waals surface area (Å²) in [5.74, 6) is 2.18. The lowest BCUT2D eigenvalue weighted by molar-refractivity contribution is -0.116. The maximum absolute atomic E-state index is 12.4. The van der Waals surface area contributed by atoms with Crippen molar-refractivity contribution in [3.63, 3.8) is 0 Å². The van der Waals surface area contributed by atoms with Gasteiger partial charge < -0.3 is 19.4 Å². The first-order valence-electron chi connectivity index (χ1n) is 14.6. The Kier molecular flexibility index (Phi) is 6.67. The van der Waals surface area contributed by atoms with Crippen LogP contribution in [0.4, 0.5) is 11.5 Å². The normalized spacial score (nSPS) is 25.9. The smallest absolute Gasteiger partial charge is 0.318 e. The molecule has 3 aliphatic heterocycles. The van der Waals surface area contributed by atoms with Crippen LogP contribution in [0.3, 0.4) is 0 Å². The van der Waals surface area contributed by atoms with Crippen molar-refractivity contribution < 1.29 is 9.53 Å². The molecule has 7 nitrogen and oxygen atoms in total. The van der Waals surface area contributed by atoms with Gasteiger partial charge in [-0.25, -0.2) is 0 Å². The van der Waals surface area contributed by atoms with Crippen molar-refractivity contribution in [2.75, 3.05) is 49.6 Å². The third kappa shape index (κ3) is 4.53. The number of likely N-dealkylation sites (N-methyl/N-ethyl adjacent to an activating group) is 1. The number of carbonyl (C=O) groups is 1. The molecule has 0 radical (unpaired) electrons. The number of fused-ring (bicyclic) bond motifs is 3. The monoisotopic (exact) mass is 557 g/mol. The quantitative estimate of drug-likeness (QED) is 0.372. The molecule has 2 aromatic carbocycles. The van der Waals surface area contributed by atoms with E-state index in [0.717, 1.165) is 78.4 Å². The van der Waals surface area contributed by atoms with Crippen LogP contribution in [0.15, 0.2) is 49.1 Å². The van der Waals surface area contributed by atoms with Crippen LogP contribution in [0.5, 0.6) is 6.01 Å². The second-order valence-corrected chi connectivity index (χ2v) is 12.2. The predicted molar refractivity (Wildman–Crippen MR) is 159 cm³/mol. The molecule has 0 N–H and O–H groups in total. The van der Waals surface area contributed by atoms with Crippen LogP contribution in [0.1, 0.15) is 30.5 Å². The third-order valence-electron chi connectivity index (χ3n) is 9.60. The minimum absolute atomic E-state index is 0.125. The number of rotatable bonds is 7. The van der Waals surface area contributed by atoms with E-state index in [-0.39, 0.29) is 11.7 Å². The number of allylic oxidation sites excluding steroid dienone is 1. The van der Waals surface area contributed by atoms with E-state index in [1.165, 1.54) is 18.1 Å². The first kappa shape index (κ1) is 25.8. The van der Waals surface area contributed by atoms with Gasteiger partial charge in [-0.1, -0.05) is 42.4 Å². The number of piperidine rings is 1. The fraction of sp³-hybridized carbons (Fsp3) is 0.469. The van der Waals surface area contributed by atoms with E-state index in [0.29, 0.717) is 37.0 Å². The van der Waals surface area contributed by atoms with Crippen molar-refractivity contribution in [3.8, 4) is 6.01 Å². The van der Waals surface area contributed by atoms with Gasteiger partial charge in [0.15, 0.2) is 5.78 Å². The highest BCUT2D eigenvalue weighted by Gasteiger charge is 2.55. The van der Waals surface area contributed by atoms with Crippen molar-refractivity contribution in [2.24, 2.45) is 17.8 Å². The number of halogens is 1. The van der Waals surface area contributed by atoms with Crippen LogP contribution in [0, 0.1) is 17.8 Å². The zero-order valence-electron chi connectivity index (χ0n) is 23.1. The van der Waals surface area contributed by atoms with Crippen molar-refractivity contribution >= 4 is 39.7 Å². The minimum atomic E-state index is 0.125. The van der Waals surface area contributed by atoms with Crippen LogP contribution in [-0.4, -0.2) is 66.5 Å². The SMILES string of the molecule is C=CC(=O)C1[C@H]2CCN(c3nc(OC[C@@H]4CCCN4C)nc4c3CCN(c3cccc5cccc(Cl)c35)C4)C[C@@H]12. The lowest BCUT2D eigenvalue weighted by Crippen LogP contribution is -2.37. The highest BCUT2D eigenvalue weighted by Crippen LogP contribution is 2.53. The Morgan fingerprint density at radius 1 is 1.10 bits per heavy atom. The Bertz CT molecular complexity index is 1470. The lowest BCUT2D eigenvalue weighted by atomic mass is 10.0. The molecule has 2 saturated heterocycles. The Labute approximate surface area is 240 Å². The molecule has 1 aromatic heterocycles. The summed E-state index contributed by atoms with van der Waals surface area (Å²) in [5, 5.41) is 2.99. The van der Waals surface area contributed by atoms with Crippen LogP contribution in [0.25, 0.3) is 10.8 Å². The van der Waals surface area contributed by atoms with Crippen LogP contribution < -0.4 is 14.5 Å². The van der Waals surface area contributed by atoms with Gasteiger partial charge in [0, 0.05) is 48.2 Å². The highest BCUT2D eigenvalue weighted by atomic mass is 35.5. The number of ketones is 1. The van der Waals surface area contributed by atoms with Crippen molar-refractivity contribution in [1.82, 2.24) is 14.9 Å². The number of benzene rings is 2. The molecule has 4 aliphatic rings. The van der Waals surface area contributed by atoms with E-state index in [2.05, 4.69) is 52.6 Å². The number of aromatic nitrogens is 2. The summed E-state index contributed by atoms with van der Waals surface area (Å²) >= 11 is 6.70. The van der Waals surface area contributed by atoms with Crippen molar-refractivity contribution in [3.05, 3.63) is 65.3 Å². The van der Waals surface area contributed by atoms with Gasteiger partial charge in [0.2, 0.25) is 0 Å². The number of nitrogens with zero attached hydrogens (tertiary/aromatic N) is 5. The lowest BCUT2D eigenvalue weighted by Gasteiger charge is -2.35. The predicted octanol–water partition coefficient (Wildman–Crippen LogP) is 5.15. The van der Waals surface area contributed by atoms with E-state index >= 15 is 0 Å². The zero-order chi connectivity index (χ0) is 27.4. The molecule has 208 valence electrons. The number of likely N-dealkylation sites (tertiary alicyclic amines) is 1. The van der Waals surface area contributed by atoms with Crippen LogP contribution in [0.2, 0.25) is 5.02 Å². The van der Waals surface area contributed by atoms with Crippen molar-refractivity contribution in [1.29, 1.82) is 0 Å². The second-order valence-electron chi connectivity index (χ2n) is 11.8. The average molecular weight is 558 g/mol. The molecular weight excluding hydrogens is 522 g/mol. The molecular formula is C32H36ClN5O2. The number of ether oxygens (including phenoxy) is 1. The fourth-order valence-corrected chi connectivity index (χ4v) is 7.59. The second kappa shape index (κ2) is 10.3. The first-order valence-corrected chi connectivity index (χ1v) is 15.0. The van der Waals surface area contributed by atoms with E-state index in [9.17, 15) is 4.79 Å². The first-order chi connectivity index (χ1) is 19.5. The summed E-state index contributed by atoms with van der Waals surface area (Å²) in [5.41, 5.74) is 3.36. The topological polar surface area (TPSA) is 61.8 Å². The van der Waals surface area contributed by atoms with Gasteiger partial charge in [-0.2, -0.15) is 9.97 Å². The summed E-state index contributed by atoms with van der Waals surface area (Å²) < 4.78 is 6.30. The van der Waals surface area contributed by atoms with Gasteiger partial charge in [-0.3, -0.25) is 4.79 Å².